The number of hydrogen-bond acceptors (Lipinski definition) is 4. The Balaban J connectivity index is 1.50. The highest BCUT2D eigenvalue weighted by Gasteiger charge is 2.28. The van der Waals surface area contributed by atoms with Crippen LogP contribution >= 0.6 is 0 Å². The summed E-state index contributed by atoms with van der Waals surface area (Å²) in [5.74, 6) is 0.208. The lowest BCUT2D eigenvalue weighted by Gasteiger charge is -2.32. The van der Waals surface area contributed by atoms with Gasteiger partial charge in [-0.3, -0.25) is 9.59 Å². The van der Waals surface area contributed by atoms with E-state index in [9.17, 15) is 14.0 Å². The Labute approximate surface area is 173 Å². The number of piperazine rings is 1. The Bertz CT molecular complexity index is 1150. The molecule has 2 aromatic carbocycles. The van der Waals surface area contributed by atoms with E-state index in [4.69, 9.17) is 4.74 Å². The van der Waals surface area contributed by atoms with E-state index in [1.807, 2.05) is 0 Å². The molecule has 1 amide bonds. The third kappa shape index (κ3) is 3.78. The number of rotatable bonds is 4. The van der Waals surface area contributed by atoms with Crippen molar-refractivity contribution in [2.75, 3.05) is 33.3 Å². The molecule has 0 unspecified atom stereocenters. The van der Waals surface area contributed by atoms with E-state index in [2.05, 4.69) is 5.10 Å². The zero-order valence-electron chi connectivity index (χ0n) is 17.0. The first-order valence-corrected chi connectivity index (χ1v) is 9.89. The fourth-order valence-electron chi connectivity index (χ4n) is 3.96. The van der Waals surface area contributed by atoms with Crippen LogP contribution in [0.4, 0.5) is 4.39 Å². The van der Waals surface area contributed by atoms with Crippen LogP contribution in [0, 0.1) is 5.82 Å². The van der Waals surface area contributed by atoms with E-state index < -0.39 is 0 Å². The van der Waals surface area contributed by atoms with Crippen molar-refractivity contribution < 1.29 is 18.8 Å². The molecule has 0 saturated carbocycles. The van der Waals surface area contributed by atoms with Gasteiger partial charge in [-0.15, -0.1) is 0 Å². The number of benzene rings is 2. The quantitative estimate of drug-likeness (QED) is 0.684. The number of hydrogen-bond donors (Lipinski definition) is 1. The normalized spacial score (nSPS) is 14.8. The second-order valence-corrected chi connectivity index (χ2v) is 7.50. The molecule has 8 heteroatoms. The average Bonchev–Trinajstić information content (AvgIpc) is 2.76. The number of nitrogens with zero attached hydrogens (tertiary/aromatic N) is 3. The van der Waals surface area contributed by atoms with Gasteiger partial charge in [0.15, 0.2) is 5.69 Å². The number of carbonyl (C=O) groups excluding carboxylic acids is 1. The van der Waals surface area contributed by atoms with Gasteiger partial charge in [0.05, 0.1) is 44.2 Å². The molecule has 0 atom stereocenters. The molecule has 1 aromatic heterocycles. The number of methoxy groups -OCH3 is 1. The molecular formula is C22H24FN4O3+. The number of fused-ring (bicyclic) bond motifs is 1. The molecule has 30 heavy (non-hydrogen) atoms. The lowest BCUT2D eigenvalue weighted by Crippen LogP contribution is -3.13. The highest BCUT2D eigenvalue weighted by molar-refractivity contribution is 6.04. The molecule has 2 heterocycles. The predicted octanol–water partition coefficient (Wildman–Crippen LogP) is 0.622. The number of aryl methyl sites for hydroxylation is 1. The Kier molecular flexibility index (Phi) is 5.50. The largest absolute Gasteiger partial charge is 0.496 e. The number of ether oxygens (including phenoxy) is 1. The highest BCUT2D eigenvalue weighted by Crippen LogP contribution is 2.19. The predicted molar refractivity (Wildman–Crippen MR) is 110 cm³/mol. The third-order valence-electron chi connectivity index (χ3n) is 5.60. The van der Waals surface area contributed by atoms with Gasteiger partial charge in [-0.25, -0.2) is 9.07 Å². The van der Waals surface area contributed by atoms with Crippen molar-refractivity contribution in [3.63, 3.8) is 0 Å². The number of halogens is 1. The molecule has 156 valence electrons. The Hall–Kier alpha value is -3.26. The highest BCUT2D eigenvalue weighted by atomic mass is 19.1. The number of quaternary nitrogens is 1. The van der Waals surface area contributed by atoms with E-state index in [0.29, 0.717) is 41.9 Å². The molecule has 1 aliphatic rings. The van der Waals surface area contributed by atoms with Crippen molar-refractivity contribution >= 4 is 16.7 Å². The van der Waals surface area contributed by atoms with Gasteiger partial charge >= 0.3 is 0 Å². The van der Waals surface area contributed by atoms with Gasteiger partial charge in [-0.2, -0.15) is 5.10 Å². The van der Waals surface area contributed by atoms with E-state index >= 15 is 0 Å². The van der Waals surface area contributed by atoms with Crippen molar-refractivity contribution in [2.24, 2.45) is 7.05 Å². The Morgan fingerprint density at radius 1 is 1.17 bits per heavy atom. The first-order chi connectivity index (χ1) is 14.5. The maximum absolute atomic E-state index is 13.6. The van der Waals surface area contributed by atoms with Crippen LogP contribution < -0.4 is 15.2 Å². The fraction of sp³-hybridized carbons (Fsp3) is 0.318. The topological polar surface area (TPSA) is 68.9 Å². The van der Waals surface area contributed by atoms with Crippen LogP contribution in [0.1, 0.15) is 16.1 Å². The molecule has 3 aromatic rings. The second kappa shape index (κ2) is 8.23. The van der Waals surface area contributed by atoms with Crippen LogP contribution in [0.2, 0.25) is 0 Å². The lowest BCUT2D eigenvalue weighted by atomic mass is 10.1. The van der Waals surface area contributed by atoms with Crippen LogP contribution in [0.3, 0.4) is 0 Å². The van der Waals surface area contributed by atoms with Gasteiger partial charge < -0.3 is 14.5 Å². The number of amides is 1. The van der Waals surface area contributed by atoms with Crippen molar-refractivity contribution in [1.82, 2.24) is 14.7 Å². The number of aromatic nitrogens is 2. The third-order valence-corrected chi connectivity index (χ3v) is 5.60. The molecule has 0 bridgehead atoms. The van der Waals surface area contributed by atoms with Crippen LogP contribution in [-0.4, -0.2) is 53.9 Å². The van der Waals surface area contributed by atoms with E-state index in [0.717, 1.165) is 18.7 Å². The molecule has 1 fully saturated rings. The fourth-order valence-corrected chi connectivity index (χ4v) is 3.96. The summed E-state index contributed by atoms with van der Waals surface area (Å²) in [6.07, 6.45) is 0. The maximum Gasteiger partial charge on any atom is 0.275 e. The minimum atomic E-state index is -0.286. The average molecular weight is 411 g/mol. The minimum Gasteiger partial charge on any atom is -0.496 e. The van der Waals surface area contributed by atoms with Crippen molar-refractivity contribution in [1.29, 1.82) is 0 Å². The van der Waals surface area contributed by atoms with Crippen LogP contribution in [0.15, 0.2) is 47.3 Å². The monoisotopic (exact) mass is 411 g/mol. The first kappa shape index (κ1) is 20.0. The van der Waals surface area contributed by atoms with Gasteiger partial charge in [-0.1, -0.05) is 18.2 Å². The maximum atomic E-state index is 13.6. The van der Waals surface area contributed by atoms with E-state index in [-0.39, 0.29) is 17.3 Å². The summed E-state index contributed by atoms with van der Waals surface area (Å²) in [5.41, 5.74) is 0.890. The molecule has 0 aliphatic carbocycles. The molecule has 1 N–H and O–H groups in total. The standard InChI is InChI=1S/C22H23FN4O3/c1-25-21(28)18-6-4-3-5-17(18)20(24-25)22(29)27-11-9-26(10-12-27)14-15-13-16(23)7-8-19(15)30-2/h3-8,13H,9-12,14H2,1-2H3/p+1. The molecule has 7 nitrogen and oxygen atoms in total. The Morgan fingerprint density at radius 3 is 2.57 bits per heavy atom. The molecule has 4 rings (SSSR count). The van der Waals surface area contributed by atoms with Gasteiger partial charge in [0.2, 0.25) is 0 Å². The second-order valence-electron chi connectivity index (χ2n) is 7.50. The SMILES string of the molecule is COc1ccc(F)cc1C[NH+]1CCN(C(=O)c2nn(C)c(=O)c3ccccc23)CC1. The first-order valence-electron chi connectivity index (χ1n) is 9.89. The van der Waals surface area contributed by atoms with Gasteiger partial charge in [0, 0.05) is 12.4 Å². The lowest BCUT2D eigenvalue weighted by molar-refractivity contribution is -0.917. The molecule has 0 radical (unpaired) electrons. The summed E-state index contributed by atoms with van der Waals surface area (Å²) in [4.78, 5) is 28.5. The van der Waals surface area contributed by atoms with Gasteiger partial charge in [0.25, 0.3) is 11.5 Å². The summed E-state index contributed by atoms with van der Waals surface area (Å²) in [7, 11) is 3.13. The molecule has 1 saturated heterocycles. The van der Waals surface area contributed by atoms with E-state index in [1.165, 1.54) is 21.7 Å². The zero-order chi connectivity index (χ0) is 21.3. The van der Waals surface area contributed by atoms with Crippen LogP contribution in [-0.2, 0) is 13.6 Å². The molecule has 0 spiro atoms. The summed E-state index contributed by atoms with van der Waals surface area (Å²) < 4.78 is 20.2. The Morgan fingerprint density at radius 2 is 1.87 bits per heavy atom. The van der Waals surface area contributed by atoms with Gasteiger partial charge in [0.1, 0.15) is 18.1 Å². The van der Waals surface area contributed by atoms with E-state index in [1.54, 1.807) is 49.4 Å². The van der Waals surface area contributed by atoms with Crippen LogP contribution in [0.5, 0.6) is 5.75 Å². The zero-order valence-corrected chi connectivity index (χ0v) is 17.0. The van der Waals surface area contributed by atoms with Crippen molar-refractivity contribution in [3.05, 3.63) is 69.9 Å². The van der Waals surface area contributed by atoms with Crippen molar-refractivity contribution in [2.45, 2.75) is 6.54 Å². The smallest absolute Gasteiger partial charge is 0.275 e. The molecule has 1 aliphatic heterocycles. The van der Waals surface area contributed by atoms with Gasteiger partial charge in [-0.05, 0) is 24.3 Å². The summed E-state index contributed by atoms with van der Waals surface area (Å²) in [6.45, 7) is 3.21. The van der Waals surface area contributed by atoms with Crippen molar-refractivity contribution in [3.8, 4) is 5.75 Å². The summed E-state index contributed by atoms with van der Waals surface area (Å²) in [6, 6.07) is 11.6. The number of nitrogens with one attached hydrogen (secondary N) is 1. The molecular weight excluding hydrogens is 387 g/mol. The minimum absolute atomic E-state index is 0.177. The van der Waals surface area contributed by atoms with Crippen LogP contribution in [0.25, 0.3) is 10.8 Å². The summed E-state index contributed by atoms with van der Waals surface area (Å²) >= 11 is 0. The summed E-state index contributed by atoms with van der Waals surface area (Å²) in [5, 5.41) is 5.30. The number of carbonyl (C=O) groups is 1.